The van der Waals surface area contributed by atoms with Gasteiger partial charge < -0.3 is 5.32 Å². The fraction of sp³-hybridized carbons (Fsp3) is 0.900. The van der Waals surface area contributed by atoms with Gasteiger partial charge in [-0.2, -0.15) is 0 Å². The van der Waals surface area contributed by atoms with Crippen LogP contribution in [0.3, 0.4) is 0 Å². The Morgan fingerprint density at radius 1 is 1.33 bits per heavy atom. The number of rotatable bonds is 2. The molecule has 2 heteroatoms. The van der Waals surface area contributed by atoms with E-state index in [-0.39, 0.29) is 5.54 Å². The molecule has 0 bridgehead atoms. The Kier molecular flexibility index (Phi) is 4.29. The van der Waals surface area contributed by atoms with E-state index in [0.717, 1.165) is 12.3 Å². The Balaban J connectivity index is 4.18. The molecule has 0 aliphatic carbocycles. The van der Waals surface area contributed by atoms with Crippen molar-refractivity contribution in [2.24, 2.45) is 4.99 Å². The topological polar surface area (TPSA) is 24.4 Å². The van der Waals surface area contributed by atoms with Crippen LogP contribution in [0.15, 0.2) is 4.99 Å². The SMILES string of the molecule is CCC(=NC(C)C)NC(C)(C)C. The van der Waals surface area contributed by atoms with Gasteiger partial charge in [0.1, 0.15) is 0 Å². The maximum atomic E-state index is 4.49. The average Bonchev–Trinajstić information content (AvgIpc) is 1.82. The van der Waals surface area contributed by atoms with Gasteiger partial charge in [-0.3, -0.25) is 4.99 Å². The summed E-state index contributed by atoms with van der Waals surface area (Å²) in [6.45, 7) is 12.8. The summed E-state index contributed by atoms with van der Waals surface area (Å²) >= 11 is 0. The fourth-order valence-electron chi connectivity index (χ4n) is 0.956. The molecule has 0 saturated heterocycles. The van der Waals surface area contributed by atoms with Crippen LogP contribution in [0.2, 0.25) is 0 Å². The summed E-state index contributed by atoms with van der Waals surface area (Å²) in [6, 6.07) is 0.384. The van der Waals surface area contributed by atoms with E-state index in [2.05, 4.69) is 51.9 Å². The van der Waals surface area contributed by atoms with E-state index >= 15 is 0 Å². The molecule has 0 radical (unpaired) electrons. The molecule has 0 spiro atoms. The number of nitrogens with zero attached hydrogens (tertiary/aromatic N) is 1. The Morgan fingerprint density at radius 2 is 1.83 bits per heavy atom. The van der Waals surface area contributed by atoms with Gasteiger partial charge in [-0.1, -0.05) is 6.92 Å². The first-order chi connectivity index (χ1) is 5.35. The van der Waals surface area contributed by atoms with Crippen molar-refractivity contribution in [3.8, 4) is 0 Å². The van der Waals surface area contributed by atoms with Gasteiger partial charge in [0, 0.05) is 18.0 Å². The van der Waals surface area contributed by atoms with Crippen molar-refractivity contribution in [2.45, 2.75) is 59.5 Å². The zero-order valence-electron chi connectivity index (χ0n) is 9.23. The van der Waals surface area contributed by atoms with Gasteiger partial charge in [-0.25, -0.2) is 0 Å². The third-order valence-electron chi connectivity index (χ3n) is 1.27. The molecule has 0 heterocycles. The van der Waals surface area contributed by atoms with Crippen molar-refractivity contribution >= 4 is 5.84 Å². The zero-order chi connectivity index (χ0) is 9.78. The van der Waals surface area contributed by atoms with Crippen LogP contribution in [-0.4, -0.2) is 17.4 Å². The Hall–Kier alpha value is -0.530. The second-order valence-corrected chi connectivity index (χ2v) is 4.40. The van der Waals surface area contributed by atoms with Crippen LogP contribution < -0.4 is 5.32 Å². The van der Waals surface area contributed by atoms with Crippen molar-refractivity contribution in [1.82, 2.24) is 5.32 Å². The standard InChI is InChI=1S/C10H22N2/c1-7-9(11-8(2)3)12-10(4,5)6/h8H,7H2,1-6H3,(H,11,12). The van der Waals surface area contributed by atoms with Crippen molar-refractivity contribution in [1.29, 1.82) is 0 Å². The van der Waals surface area contributed by atoms with Crippen molar-refractivity contribution < 1.29 is 0 Å². The molecule has 0 atom stereocenters. The normalized spacial score (nSPS) is 13.8. The fourth-order valence-corrected chi connectivity index (χ4v) is 0.956. The van der Waals surface area contributed by atoms with Gasteiger partial charge in [0.05, 0.1) is 5.84 Å². The maximum absolute atomic E-state index is 4.49. The monoisotopic (exact) mass is 170 g/mol. The molecule has 0 unspecified atom stereocenters. The molecule has 2 nitrogen and oxygen atoms in total. The molecule has 0 aromatic heterocycles. The third-order valence-corrected chi connectivity index (χ3v) is 1.27. The molecule has 12 heavy (non-hydrogen) atoms. The number of amidine groups is 1. The first kappa shape index (κ1) is 11.5. The van der Waals surface area contributed by atoms with E-state index < -0.39 is 0 Å². The maximum Gasteiger partial charge on any atom is 0.0967 e. The van der Waals surface area contributed by atoms with Gasteiger partial charge in [-0.15, -0.1) is 0 Å². The lowest BCUT2D eigenvalue weighted by Crippen LogP contribution is -2.40. The van der Waals surface area contributed by atoms with Gasteiger partial charge in [-0.05, 0) is 34.6 Å². The highest BCUT2D eigenvalue weighted by Gasteiger charge is 2.10. The Morgan fingerprint density at radius 3 is 2.08 bits per heavy atom. The van der Waals surface area contributed by atoms with Crippen LogP contribution in [-0.2, 0) is 0 Å². The van der Waals surface area contributed by atoms with Crippen LogP contribution >= 0.6 is 0 Å². The van der Waals surface area contributed by atoms with E-state index in [1.165, 1.54) is 0 Å². The largest absolute Gasteiger partial charge is 0.369 e. The minimum absolute atomic E-state index is 0.129. The van der Waals surface area contributed by atoms with Gasteiger partial charge in [0.25, 0.3) is 0 Å². The molecular formula is C10H22N2. The number of hydrogen-bond donors (Lipinski definition) is 1. The highest BCUT2D eigenvalue weighted by molar-refractivity contribution is 5.82. The molecular weight excluding hydrogens is 148 g/mol. The molecule has 1 N–H and O–H groups in total. The average molecular weight is 170 g/mol. The van der Waals surface area contributed by atoms with E-state index in [1.54, 1.807) is 0 Å². The lowest BCUT2D eigenvalue weighted by molar-refractivity contribution is 0.505. The van der Waals surface area contributed by atoms with Crippen LogP contribution in [0, 0.1) is 0 Å². The van der Waals surface area contributed by atoms with E-state index in [9.17, 15) is 0 Å². The molecule has 0 aliphatic heterocycles. The van der Waals surface area contributed by atoms with Crippen molar-refractivity contribution in [3.05, 3.63) is 0 Å². The summed E-state index contributed by atoms with van der Waals surface area (Å²) in [7, 11) is 0. The third kappa shape index (κ3) is 6.20. The van der Waals surface area contributed by atoms with Gasteiger partial charge >= 0.3 is 0 Å². The van der Waals surface area contributed by atoms with E-state index in [4.69, 9.17) is 0 Å². The zero-order valence-corrected chi connectivity index (χ0v) is 9.23. The summed E-state index contributed by atoms with van der Waals surface area (Å²) < 4.78 is 0. The Bertz CT molecular complexity index is 152. The van der Waals surface area contributed by atoms with E-state index in [0.29, 0.717) is 6.04 Å². The van der Waals surface area contributed by atoms with Crippen LogP contribution in [0.25, 0.3) is 0 Å². The van der Waals surface area contributed by atoms with Crippen molar-refractivity contribution in [3.63, 3.8) is 0 Å². The van der Waals surface area contributed by atoms with Crippen LogP contribution in [0.4, 0.5) is 0 Å². The minimum atomic E-state index is 0.129. The molecule has 0 fully saturated rings. The summed E-state index contributed by atoms with van der Waals surface area (Å²) in [4.78, 5) is 4.49. The van der Waals surface area contributed by atoms with Crippen LogP contribution in [0.1, 0.15) is 48.0 Å². The predicted octanol–water partition coefficient (Wildman–Crippen LogP) is 2.59. The summed E-state index contributed by atoms with van der Waals surface area (Å²) in [5, 5.41) is 3.39. The van der Waals surface area contributed by atoms with E-state index in [1.807, 2.05) is 0 Å². The highest BCUT2D eigenvalue weighted by atomic mass is 15.0. The minimum Gasteiger partial charge on any atom is -0.369 e. The molecule has 0 aromatic rings. The lowest BCUT2D eigenvalue weighted by atomic mass is 10.1. The summed E-state index contributed by atoms with van der Waals surface area (Å²) in [5.74, 6) is 1.11. The lowest BCUT2D eigenvalue weighted by Gasteiger charge is -2.23. The van der Waals surface area contributed by atoms with Gasteiger partial charge in [0.2, 0.25) is 0 Å². The smallest absolute Gasteiger partial charge is 0.0967 e. The molecule has 0 rings (SSSR count). The summed E-state index contributed by atoms with van der Waals surface area (Å²) in [5.41, 5.74) is 0.129. The molecule has 72 valence electrons. The second-order valence-electron chi connectivity index (χ2n) is 4.40. The first-order valence-electron chi connectivity index (χ1n) is 4.70. The number of hydrogen-bond acceptors (Lipinski definition) is 1. The summed E-state index contributed by atoms with van der Waals surface area (Å²) in [6.07, 6.45) is 0.982. The predicted molar refractivity (Wildman–Crippen MR) is 55.8 cm³/mol. The molecule has 0 saturated carbocycles. The number of nitrogens with one attached hydrogen (secondary N) is 1. The van der Waals surface area contributed by atoms with Crippen LogP contribution in [0.5, 0.6) is 0 Å². The molecule has 0 aromatic carbocycles. The first-order valence-corrected chi connectivity index (χ1v) is 4.70. The Labute approximate surface area is 76.5 Å². The number of aliphatic imine (C=N–C) groups is 1. The quantitative estimate of drug-likeness (QED) is 0.500. The highest BCUT2D eigenvalue weighted by Crippen LogP contribution is 2.01. The van der Waals surface area contributed by atoms with Crippen molar-refractivity contribution in [2.75, 3.05) is 0 Å². The second kappa shape index (κ2) is 4.48. The van der Waals surface area contributed by atoms with Gasteiger partial charge in [0.15, 0.2) is 0 Å². The molecule has 0 amide bonds. The molecule has 0 aliphatic rings.